The highest BCUT2D eigenvalue weighted by Gasteiger charge is 2.29. The lowest BCUT2D eigenvalue weighted by molar-refractivity contribution is -0.137. The van der Waals surface area contributed by atoms with Gasteiger partial charge in [0.2, 0.25) is 5.88 Å². The maximum absolute atomic E-state index is 12.8. The minimum Gasteiger partial charge on any atom is -0.489 e. The lowest BCUT2D eigenvalue weighted by Gasteiger charge is -2.22. The van der Waals surface area contributed by atoms with Gasteiger partial charge in [-0.1, -0.05) is 36.3 Å². The number of alkyl halides is 3. The zero-order valence-corrected chi connectivity index (χ0v) is 18.5. The Morgan fingerprint density at radius 2 is 1.74 bits per heavy atom. The molecule has 34 heavy (non-hydrogen) atoms. The van der Waals surface area contributed by atoms with Crippen molar-refractivity contribution in [1.82, 2.24) is 4.98 Å². The quantitative estimate of drug-likeness (QED) is 0.415. The third-order valence-corrected chi connectivity index (χ3v) is 5.26. The zero-order valence-electron chi connectivity index (χ0n) is 18.5. The van der Waals surface area contributed by atoms with Gasteiger partial charge in [-0.15, -0.1) is 0 Å². The molecule has 0 aliphatic carbocycles. The number of benzene rings is 2. The summed E-state index contributed by atoms with van der Waals surface area (Å²) >= 11 is 0. The van der Waals surface area contributed by atoms with Crippen LogP contribution < -0.4 is 9.47 Å². The number of hydrogen-bond acceptors (Lipinski definition) is 4. The van der Waals surface area contributed by atoms with Crippen LogP contribution in [0, 0.1) is 11.8 Å². The first kappa shape index (κ1) is 23.7. The van der Waals surface area contributed by atoms with Crippen LogP contribution in [0.1, 0.15) is 41.6 Å². The summed E-state index contributed by atoms with van der Waals surface area (Å²) in [6, 6.07) is 17.8. The number of pyridine rings is 1. The third kappa shape index (κ3) is 7.00. The molecule has 1 atom stereocenters. The Kier molecular flexibility index (Phi) is 7.71. The fraction of sp³-hybridized carbons (Fsp3) is 0.296. The van der Waals surface area contributed by atoms with E-state index in [1.54, 1.807) is 12.1 Å². The average molecular weight is 467 g/mol. The number of ether oxygens (including phenoxy) is 3. The molecule has 0 amide bonds. The number of halogens is 3. The van der Waals surface area contributed by atoms with Crippen molar-refractivity contribution in [2.45, 2.75) is 38.1 Å². The summed E-state index contributed by atoms with van der Waals surface area (Å²) in [4.78, 5) is 4.43. The molecule has 1 unspecified atom stereocenters. The van der Waals surface area contributed by atoms with Crippen molar-refractivity contribution in [3.05, 3.63) is 89.1 Å². The maximum atomic E-state index is 12.8. The van der Waals surface area contributed by atoms with Crippen molar-refractivity contribution in [3.8, 4) is 23.5 Å². The molecule has 1 aliphatic rings. The number of hydrogen-bond donors (Lipinski definition) is 0. The Bertz CT molecular complexity index is 1130. The zero-order chi connectivity index (χ0) is 23.8. The summed E-state index contributed by atoms with van der Waals surface area (Å²) in [6.45, 7) is 1.47. The van der Waals surface area contributed by atoms with Crippen LogP contribution in [0.15, 0.2) is 66.7 Å². The molecule has 176 valence electrons. The van der Waals surface area contributed by atoms with Gasteiger partial charge in [-0.3, -0.25) is 0 Å². The number of rotatable bonds is 6. The molecule has 1 fully saturated rings. The molecule has 1 aromatic heterocycles. The summed E-state index contributed by atoms with van der Waals surface area (Å²) in [5.41, 5.74) is 1.14. The van der Waals surface area contributed by atoms with Gasteiger partial charge in [-0.2, -0.15) is 13.2 Å². The molecule has 0 spiro atoms. The molecule has 0 N–H and O–H groups in total. The first-order chi connectivity index (χ1) is 16.5. The van der Waals surface area contributed by atoms with Gasteiger partial charge in [0.25, 0.3) is 0 Å². The van der Waals surface area contributed by atoms with Gasteiger partial charge < -0.3 is 14.2 Å². The lowest BCUT2D eigenvalue weighted by Crippen LogP contribution is -2.26. The molecule has 3 aromatic rings. The molecule has 4 rings (SSSR count). The van der Waals surface area contributed by atoms with Gasteiger partial charge in [0, 0.05) is 24.3 Å². The highest BCUT2D eigenvalue weighted by molar-refractivity contribution is 5.44. The highest BCUT2D eigenvalue weighted by Crippen LogP contribution is 2.29. The predicted molar refractivity (Wildman–Crippen MR) is 122 cm³/mol. The second kappa shape index (κ2) is 11.1. The van der Waals surface area contributed by atoms with Crippen molar-refractivity contribution < 1.29 is 27.4 Å². The average Bonchev–Trinajstić information content (AvgIpc) is 2.86. The smallest absolute Gasteiger partial charge is 0.416 e. The normalized spacial score (nSPS) is 15.8. The standard InChI is InChI=1S/C27H24F3NO3/c28-27(29,30)22-12-9-20(10-13-22)11-14-23-16-25(33-18-21-6-2-1-3-7-21)17-26(31-23)34-19-24-8-4-5-15-32-24/h1-3,6-7,9-10,12-13,16-17,24H,4-5,8,15,18-19H2. The minimum atomic E-state index is -4.38. The van der Waals surface area contributed by atoms with E-state index in [-0.39, 0.29) is 6.10 Å². The van der Waals surface area contributed by atoms with Gasteiger partial charge in [0.15, 0.2) is 0 Å². The summed E-state index contributed by atoms with van der Waals surface area (Å²) in [5, 5.41) is 0. The van der Waals surface area contributed by atoms with Crippen LogP contribution in [0.25, 0.3) is 0 Å². The highest BCUT2D eigenvalue weighted by atomic mass is 19.4. The monoisotopic (exact) mass is 467 g/mol. The van der Waals surface area contributed by atoms with Crippen LogP contribution in [-0.4, -0.2) is 24.3 Å². The van der Waals surface area contributed by atoms with Gasteiger partial charge in [-0.25, -0.2) is 4.98 Å². The topological polar surface area (TPSA) is 40.6 Å². The molecule has 0 radical (unpaired) electrons. The molecule has 1 aliphatic heterocycles. The SMILES string of the molecule is FC(F)(F)c1ccc(C#Cc2cc(OCc3ccccc3)cc(OCC3CCCCO3)n2)cc1. The lowest BCUT2D eigenvalue weighted by atomic mass is 10.1. The van der Waals surface area contributed by atoms with E-state index < -0.39 is 11.7 Å². The number of nitrogens with zero attached hydrogens (tertiary/aromatic N) is 1. The fourth-order valence-electron chi connectivity index (χ4n) is 3.44. The summed E-state index contributed by atoms with van der Waals surface area (Å²) in [6.07, 6.45) is -1.27. The first-order valence-corrected chi connectivity index (χ1v) is 11.1. The van der Waals surface area contributed by atoms with Gasteiger partial charge >= 0.3 is 6.18 Å². The summed E-state index contributed by atoms with van der Waals surface area (Å²) in [5.74, 6) is 6.66. The van der Waals surface area contributed by atoms with E-state index in [4.69, 9.17) is 14.2 Å². The van der Waals surface area contributed by atoms with E-state index in [1.165, 1.54) is 12.1 Å². The van der Waals surface area contributed by atoms with Crippen LogP contribution >= 0.6 is 0 Å². The van der Waals surface area contributed by atoms with Crippen LogP contribution in [0.3, 0.4) is 0 Å². The second-order valence-electron chi connectivity index (χ2n) is 7.93. The van der Waals surface area contributed by atoms with Crippen molar-refractivity contribution >= 4 is 0 Å². The fourth-order valence-corrected chi connectivity index (χ4v) is 3.44. The van der Waals surface area contributed by atoms with E-state index in [0.29, 0.717) is 36.1 Å². The van der Waals surface area contributed by atoms with Crippen LogP contribution in [0.2, 0.25) is 0 Å². The molecule has 1 saturated heterocycles. The van der Waals surface area contributed by atoms with Crippen LogP contribution in [0.5, 0.6) is 11.6 Å². The van der Waals surface area contributed by atoms with E-state index in [9.17, 15) is 13.2 Å². The van der Waals surface area contributed by atoms with E-state index in [1.807, 2.05) is 30.3 Å². The first-order valence-electron chi connectivity index (χ1n) is 11.1. The van der Waals surface area contributed by atoms with Crippen molar-refractivity contribution in [2.24, 2.45) is 0 Å². The van der Waals surface area contributed by atoms with Crippen molar-refractivity contribution in [1.29, 1.82) is 0 Å². The molecule has 2 aromatic carbocycles. The Labute approximate surface area is 196 Å². The molecule has 4 nitrogen and oxygen atoms in total. The van der Waals surface area contributed by atoms with E-state index in [2.05, 4.69) is 16.8 Å². The molecular weight excluding hydrogens is 443 g/mol. The largest absolute Gasteiger partial charge is 0.489 e. The summed E-state index contributed by atoms with van der Waals surface area (Å²) in [7, 11) is 0. The molecular formula is C27H24F3NO3. The maximum Gasteiger partial charge on any atom is 0.416 e. The van der Waals surface area contributed by atoms with Crippen LogP contribution in [-0.2, 0) is 17.5 Å². The Hall–Kier alpha value is -3.50. The minimum absolute atomic E-state index is 0.0196. The molecule has 2 heterocycles. The van der Waals surface area contributed by atoms with Crippen LogP contribution in [0.4, 0.5) is 13.2 Å². The van der Waals surface area contributed by atoms with E-state index in [0.717, 1.165) is 43.6 Å². The Morgan fingerprint density at radius 1 is 0.941 bits per heavy atom. The Morgan fingerprint density at radius 3 is 2.44 bits per heavy atom. The molecule has 0 bridgehead atoms. The van der Waals surface area contributed by atoms with Crippen molar-refractivity contribution in [2.75, 3.05) is 13.2 Å². The van der Waals surface area contributed by atoms with Gasteiger partial charge in [-0.05, 0) is 55.0 Å². The molecule has 7 heteroatoms. The second-order valence-corrected chi connectivity index (χ2v) is 7.93. The third-order valence-electron chi connectivity index (χ3n) is 5.26. The number of aromatic nitrogens is 1. The van der Waals surface area contributed by atoms with Gasteiger partial charge in [0.1, 0.15) is 24.7 Å². The predicted octanol–water partition coefficient (Wildman–Crippen LogP) is 6.03. The van der Waals surface area contributed by atoms with Gasteiger partial charge in [0.05, 0.1) is 11.7 Å². The van der Waals surface area contributed by atoms with Crippen molar-refractivity contribution in [3.63, 3.8) is 0 Å². The Balaban J connectivity index is 1.51. The van der Waals surface area contributed by atoms with E-state index >= 15 is 0 Å². The summed E-state index contributed by atoms with van der Waals surface area (Å²) < 4.78 is 55.9. The molecule has 0 saturated carbocycles.